The van der Waals surface area contributed by atoms with E-state index in [4.69, 9.17) is 0 Å². The molecule has 0 radical (unpaired) electrons. The summed E-state index contributed by atoms with van der Waals surface area (Å²) in [7, 11) is 1.96. The molecule has 1 saturated carbocycles. The first kappa shape index (κ1) is 9.66. The quantitative estimate of drug-likeness (QED) is 0.761. The number of halogens is 1. The zero-order valence-corrected chi connectivity index (χ0v) is 8.84. The van der Waals surface area contributed by atoms with Gasteiger partial charge in [-0.15, -0.1) is 0 Å². The first-order chi connectivity index (χ1) is 6.57. The van der Waals surface area contributed by atoms with Crippen LogP contribution in [-0.4, -0.2) is 13.1 Å². The van der Waals surface area contributed by atoms with Crippen molar-refractivity contribution in [3.8, 4) is 0 Å². The lowest BCUT2D eigenvalue weighted by Crippen LogP contribution is -2.14. The molecule has 76 valence electrons. The van der Waals surface area contributed by atoms with Crippen LogP contribution in [0.3, 0.4) is 0 Å². The van der Waals surface area contributed by atoms with Crippen molar-refractivity contribution in [2.45, 2.75) is 25.8 Å². The predicted octanol–water partition coefficient (Wildman–Crippen LogP) is 2.54. The van der Waals surface area contributed by atoms with E-state index < -0.39 is 0 Å². The Kier molecular flexibility index (Phi) is 2.11. The molecule has 2 heteroatoms. The summed E-state index contributed by atoms with van der Waals surface area (Å²) in [6.45, 7) is 4.42. The molecule has 2 unspecified atom stereocenters. The monoisotopic (exact) mass is 193 g/mol. The molecule has 1 aliphatic carbocycles. The molecule has 0 saturated heterocycles. The molecule has 0 heterocycles. The third kappa shape index (κ3) is 1.34. The summed E-state index contributed by atoms with van der Waals surface area (Å²) in [5.74, 6) is 0.309. The van der Waals surface area contributed by atoms with Crippen LogP contribution in [0.1, 0.15) is 25.3 Å². The van der Waals surface area contributed by atoms with Crippen molar-refractivity contribution in [3.63, 3.8) is 0 Å². The van der Waals surface area contributed by atoms with E-state index in [9.17, 15) is 4.39 Å². The Morgan fingerprint density at radius 1 is 1.36 bits per heavy atom. The van der Waals surface area contributed by atoms with Gasteiger partial charge in [-0.1, -0.05) is 26.0 Å². The number of rotatable bonds is 2. The fourth-order valence-electron chi connectivity index (χ4n) is 2.50. The number of benzene rings is 1. The highest BCUT2D eigenvalue weighted by Gasteiger charge is 2.57. The van der Waals surface area contributed by atoms with Crippen molar-refractivity contribution in [1.82, 2.24) is 5.32 Å². The summed E-state index contributed by atoms with van der Waals surface area (Å²) in [6, 6.07) is 7.40. The van der Waals surface area contributed by atoms with E-state index in [-0.39, 0.29) is 11.2 Å². The van der Waals surface area contributed by atoms with Crippen LogP contribution >= 0.6 is 0 Å². The predicted molar refractivity (Wildman–Crippen MR) is 55.8 cm³/mol. The second kappa shape index (κ2) is 3.06. The van der Waals surface area contributed by atoms with Gasteiger partial charge in [0.1, 0.15) is 5.82 Å². The molecule has 1 aromatic rings. The van der Waals surface area contributed by atoms with Gasteiger partial charge in [-0.2, -0.15) is 0 Å². The summed E-state index contributed by atoms with van der Waals surface area (Å²) >= 11 is 0. The highest BCUT2D eigenvalue weighted by Crippen LogP contribution is 2.58. The molecular weight excluding hydrogens is 177 g/mol. The van der Waals surface area contributed by atoms with Gasteiger partial charge in [0.05, 0.1) is 0 Å². The molecule has 0 aliphatic heterocycles. The number of nitrogens with one attached hydrogen (secondary N) is 1. The average Bonchev–Trinajstić information content (AvgIpc) is 2.68. The van der Waals surface area contributed by atoms with Crippen LogP contribution in [0.15, 0.2) is 24.3 Å². The van der Waals surface area contributed by atoms with E-state index in [1.54, 1.807) is 12.1 Å². The molecule has 0 bridgehead atoms. The normalized spacial score (nSPS) is 28.9. The van der Waals surface area contributed by atoms with Crippen molar-refractivity contribution < 1.29 is 4.39 Å². The van der Waals surface area contributed by atoms with E-state index in [0.717, 1.165) is 5.56 Å². The Hall–Kier alpha value is -0.890. The van der Waals surface area contributed by atoms with E-state index in [2.05, 4.69) is 19.2 Å². The SMILES string of the molecule is CNC1C(c2cccc(F)c2)C1(C)C. The van der Waals surface area contributed by atoms with Gasteiger partial charge in [0.25, 0.3) is 0 Å². The van der Waals surface area contributed by atoms with Gasteiger partial charge in [0.2, 0.25) is 0 Å². The molecule has 0 spiro atoms. The maximum Gasteiger partial charge on any atom is 0.123 e. The van der Waals surface area contributed by atoms with Crippen LogP contribution in [0, 0.1) is 11.2 Å². The van der Waals surface area contributed by atoms with E-state index in [0.29, 0.717) is 12.0 Å². The standard InChI is InChI=1S/C12H16FN/c1-12(2)10(11(12)14-3)8-5-4-6-9(13)7-8/h4-7,10-11,14H,1-3H3. The van der Waals surface area contributed by atoms with Crippen molar-refractivity contribution in [1.29, 1.82) is 0 Å². The minimum atomic E-state index is -0.139. The van der Waals surface area contributed by atoms with Crippen LogP contribution in [0.4, 0.5) is 4.39 Å². The van der Waals surface area contributed by atoms with Gasteiger partial charge in [0.15, 0.2) is 0 Å². The molecule has 0 amide bonds. The van der Waals surface area contributed by atoms with Crippen molar-refractivity contribution in [2.24, 2.45) is 5.41 Å². The lowest BCUT2D eigenvalue weighted by atomic mass is 10.0. The van der Waals surface area contributed by atoms with Gasteiger partial charge >= 0.3 is 0 Å². The van der Waals surface area contributed by atoms with Crippen LogP contribution in [-0.2, 0) is 0 Å². The fourth-order valence-corrected chi connectivity index (χ4v) is 2.50. The second-order valence-electron chi connectivity index (χ2n) is 4.62. The Labute approximate surface area is 84.3 Å². The maximum absolute atomic E-state index is 13.0. The average molecular weight is 193 g/mol. The van der Waals surface area contributed by atoms with Crippen molar-refractivity contribution in [2.75, 3.05) is 7.05 Å². The van der Waals surface area contributed by atoms with Crippen LogP contribution in [0.25, 0.3) is 0 Å². The molecule has 1 aromatic carbocycles. The van der Waals surface area contributed by atoms with Gasteiger partial charge < -0.3 is 5.32 Å². The summed E-state index contributed by atoms with van der Waals surface area (Å²) in [6.07, 6.45) is 0. The zero-order chi connectivity index (χ0) is 10.3. The summed E-state index contributed by atoms with van der Waals surface area (Å²) in [4.78, 5) is 0. The highest BCUT2D eigenvalue weighted by molar-refractivity contribution is 5.34. The third-order valence-electron chi connectivity index (χ3n) is 3.35. The molecule has 1 nitrogen and oxygen atoms in total. The van der Waals surface area contributed by atoms with Crippen molar-refractivity contribution in [3.05, 3.63) is 35.6 Å². The molecule has 2 atom stereocenters. The van der Waals surface area contributed by atoms with E-state index in [1.165, 1.54) is 6.07 Å². The van der Waals surface area contributed by atoms with Gasteiger partial charge in [-0.05, 0) is 30.2 Å². The first-order valence-electron chi connectivity index (χ1n) is 5.00. The second-order valence-corrected chi connectivity index (χ2v) is 4.62. The van der Waals surface area contributed by atoms with Gasteiger partial charge in [-0.3, -0.25) is 0 Å². The summed E-state index contributed by atoms with van der Waals surface area (Å²) in [5, 5.41) is 3.27. The zero-order valence-electron chi connectivity index (χ0n) is 8.84. The van der Waals surface area contributed by atoms with E-state index in [1.807, 2.05) is 13.1 Å². The minimum absolute atomic E-state index is 0.139. The summed E-state index contributed by atoms with van der Waals surface area (Å²) < 4.78 is 13.0. The molecule has 1 fully saturated rings. The van der Waals surface area contributed by atoms with Gasteiger partial charge in [-0.25, -0.2) is 4.39 Å². The third-order valence-corrected chi connectivity index (χ3v) is 3.35. The number of hydrogen-bond donors (Lipinski definition) is 1. The van der Waals surface area contributed by atoms with Crippen LogP contribution < -0.4 is 5.32 Å². The van der Waals surface area contributed by atoms with Crippen LogP contribution in [0.5, 0.6) is 0 Å². The topological polar surface area (TPSA) is 12.0 Å². The van der Waals surface area contributed by atoms with Crippen molar-refractivity contribution >= 4 is 0 Å². The molecule has 1 aliphatic rings. The Bertz CT molecular complexity index is 346. The Balaban J connectivity index is 2.26. The summed E-state index contributed by atoms with van der Waals surface area (Å²) in [5.41, 5.74) is 1.36. The smallest absolute Gasteiger partial charge is 0.123 e. The van der Waals surface area contributed by atoms with E-state index >= 15 is 0 Å². The first-order valence-corrected chi connectivity index (χ1v) is 5.00. The Morgan fingerprint density at radius 2 is 2.07 bits per heavy atom. The molecule has 0 aromatic heterocycles. The van der Waals surface area contributed by atoms with Crippen LogP contribution in [0.2, 0.25) is 0 Å². The largest absolute Gasteiger partial charge is 0.316 e. The highest BCUT2D eigenvalue weighted by atomic mass is 19.1. The number of hydrogen-bond acceptors (Lipinski definition) is 1. The van der Waals surface area contributed by atoms with Gasteiger partial charge in [0, 0.05) is 12.0 Å². The molecule has 2 rings (SSSR count). The maximum atomic E-state index is 13.0. The molecule has 1 N–H and O–H groups in total. The lowest BCUT2D eigenvalue weighted by molar-refractivity contribution is 0.566. The molecule has 14 heavy (non-hydrogen) atoms. The fraction of sp³-hybridized carbons (Fsp3) is 0.500. The lowest BCUT2D eigenvalue weighted by Gasteiger charge is -2.01. The number of likely N-dealkylation sites (N-methyl/N-ethyl adjacent to an activating group) is 1. The Morgan fingerprint density at radius 3 is 2.57 bits per heavy atom. The minimum Gasteiger partial charge on any atom is -0.316 e. The molecular formula is C12H16FN.